The van der Waals surface area contributed by atoms with Gasteiger partial charge in [-0.05, 0) is 0 Å². The van der Waals surface area contributed by atoms with Crippen LogP contribution < -0.4 is 10.6 Å². The third-order valence-corrected chi connectivity index (χ3v) is 2.33. The molecule has 0 spiro atoms. The zero-order valence-electron chi connectivity index (χ0n) is 6.99. The van der Waals surface area contributed by atoms with Gasteiger partial charge in [-0.25, -0.2) is 4.99 Å². The van der Waals surface area contributed by atoms with Crippen LogP contribution in [-0.4, -0.2) is 37.6 Å². The molecule has 0 aromatic heterocycles. The molecule has 3 aliphatic rings. The monoisotopic (exact) mass is 175 g/mol. The maximum atomic E-state index is 4.31. The first-order valence-corrected chi connectivity index (χ1v) is 4.25. The Labute approximate surface area is 75.4 Å². The van der Waals surface area contributed by atoms with E-state index in [1.54, 1.807) is 6.34 Å². The molecular weight excluding hydrogens is 166 g/mol. The van der Waals surface area contributed by atoms with Gasteiger partial charge in [-0.2, -0.15) is 0 Å². The number of fused-ring (bicyclic) bond motifs is 2. The first kappa shape index (κ1) is 6.97. The summed E-state index contributed by atoms with van der Waals surface area (Å²) in [6.45, 7) is 1.54. The molecule has 1 unspecified atom stereocenters. The number of dihydropyridines is 1. The number of aliphatic imine (C=N–C) groups is 3. The molecule has 0 radical (unpaired) electrons. The molecule has 3 heterocycles. The van der Waals surface area contributed by atoms with E-state index in [-0.39, 0.29) is 6.17 Å². The van der Waals surface area contributed by atoms with Crippen LogP contribution in [0.25, 0.3) is 0 Å². The molecule has 0 aliphatic carbocycles. The van der Waals surface area contributed by atoms with Crippen LogP contribution in [0, 0.1) is 0 Å². The summed E-state index contributed by atoms with van der Waals surface area (Å²) in [6.07, 6.45) is 3.46. The zero-order valence-corrected chi connectivity index (χ0v) is 6.99. The molecule has 0 aromatic rings. The van der Waals surface area contributed by atoms with Crippen LogP contribution in [0.5, 0.6) is 0 Å². The highest BCUT2D eigenvalue weighted by Crippen LogP contribution is 2.19. The van der Waals surface area contributed by atoms with Gasteiger partial charge in [0.1, 0.15) is 0 Å². The van der Waals surface area contributed by atoms with E-state index in [0.29, 0.717) is 6.67 Å². The number of nitrogens with zero attached hydrogens (tertiary/aromatic N) is 3. The van der Waals surface area contributed by atoms with E-state index in [1.807, 2.05) is 6.21 Å². The van der Waals surface area contributed by atoms with Gasteiger partial charge in [0.2, 0.25) is 0 Å². The molecule has 0 saturated carbocycles. The molecule has 3 rings (SSSR count). The van der Waals surface area contributed by atoms with Gasteiger partial charge < -0.3 is 5.32 Å². The molecule has 0 saturated heterocycles. The fourth-order valence-electron chi connectivity index (χ4n) is 1.68. The lowest BCUT2D eigenvalue weighted by molar-refractivity contribution is 0.721. The number of hydrogen-bond acceptors (Lipinski definition) is 5. The van der Waals surface area contributed by atoms with Crippen LogP contribution in [0.4, 0.5) is 0 Å². The van der Waals surface area contributed by atoms with Crippen LogP contribution in [0.15, 0.2) is 26.2 Å². The van der Waals surface area contributed by atoms with Crippen LogP contribution >= 0.6 is 0 Å². The topological polar surface area (TPSA) is 61.1 Å². The lowest BCUT2D eigenvalue weighted by atomic mass is 10.0. The van der Waals surface area contributed by atoms with Gasteiger partial charge in [0, 0.05) is 12.1 Å². The van der Waals surface area contributed by atoms with Gasteiger partial charge in [-0.15, -0.1) is 0 Å². The SMILES string of the molecule is C1=NC2N=CC3=NCNCC3=C2N1. The van der Waals surface area contributed by atoms with Crippen molar-refractivity contribution in [2.75, 3.05) is 13.2 Å². The molecule has 3 aliphatic heterocycles. The number of rotatable bonds is 0. The van der Waals surface area contributed by atoms with E-state index in [2.05, 4.69) is 25.6 Å². The summed E-state index contributed by atoms with van der Waals surface area (Å²) in [4.78, 5) is 12.8. The van der Waals surface area contributed by atoms with E-state index in [1.165, 1.54) is 5.57 Å². The summed E-state index contributed by atoms with van der Waals surface area (Å²) in [7, 11) is 0. The van der Waals surface area contributed by atoms with Gasteiger partial charge in [-0.1, -0.05) is 0 Å². The molecule has 5 heteroatoms. The second-order valence-corrected chi connectivity index (χ2v) is 3.09. The molecule has 66 valence electrons. The predicted molar refractivity (Wildman–Crippen MR) is 51.2 cm³/mol. The molecular formula is C8H9N5. The second-order valence-electron chi connectivity index (χ2n) is 3.09. The molecule has 0 amide bonds. The third kappa shape index (κ3) is 0.936. The van der Waals surface area contributed by atoms with Gasteiger partial charge in [0.25, 0.3) is 0 Å². The van der Waals surface area contributed by atoms with Crippen molar-refractivity contribution in [3.63, 3.8) is 0 Å². The summed E-state index contributed by atoms with van der Waals surface area (Å²) < 4.78 is 0. The Morgan fingerprint density at radius 3 is 3.38 bits per heavy atom. The average molecular weight is 175 g/mol. The largest absolute Gasteiger partial charge is 0.346 e. The predicted octanol–water partition coefficient (Wildman–Crippen LogP) is -0.716. The van der Waals surface area contributed by atoms with Crippen LogP contribution in [-0.2, 0) is 0 Å². The molecule has 0 aromatic carbocycles. The van der Waals surface area contributed by atoms with Gasteiger partial charge in [0.15, 0.2) is 6.17 Å². The minimum Gasteiger partial charge on any atom is -0.346 e. The van der Waals surface area contributed by atoms with E-state index < -0.39 is 0 Å². The lowest BCUT2D eigenvalue weighted by Crippen LogP contribution is -2.35. The smallest absolute Gasteiger partial charge is 0.181 e. The average Bonchev–Trinajstić information content (AvgIpc) is 2.65. The van der Waals surface area contributed by atoms with Crippen molar-refractivity contribution in [3.05, 3.63) is 11.3 Å². The number of hydrogen-bond donors (Lipinski definition) is 2. The van der Waals surface area contributed by atoms with Crippen LogP contribution in [0.2, 0.25) is 0 Å². The highest BCUT2D eigenvalue weighted by atomic mass is 15.2. The Balaban J connectivity index is 2.11. The van der Waals surface area contributed by atoms with Crippen molar-refractivity contribution in [1.29, 1.82) is 0 Å². The van der Waals surface area contributed by atoms with Gasteiger partial charge in [-0.3, -0.25) is 15.3 Å². The van der Waals surface area contributed by atoms with Crippen LogP contribution in [0.3, 0.4) is 0 Å². The zero-order chi connectivity index (χ0) is 8.67. The van der Waals surface area contributed by atoms with Crippen molar-refractivity contribution < 1.29 is 0 Å². The van der Waals surface area contributed by atoms with E-state index >= 15 is 0 Å². The maximum Gasteiger partial charge on any atom is 0.181 e. The summed E-state index contributed by atoms with van der Waals surface area (Å²) in [6, 6.07) is 0. The quantitative estimate of drug-likeness (QED) is 0.510. The van der Waals surface area contributed by atoms with E-state index in [9.17, 15) is 0 Å². The van der Waals surface area contributed by atoms with Crippen LogP contribution in [0.1, 0.15) is 0 Å². The minimum absolute atomic E-state index is 0.0474. The minimum atomic E-state index is -0.0474. The summed E-state index contributed by atoms with van der Waals surface area (Å²) in [5.41, 5.74) is 3.26. The molecule has 0 fully saturated rings. The number of nitrogens with one attached hydrogen (secondary N) is 2. The highest BCUT2D eigenvalue weighted by molar-refractivity contribution is 6.39. The third-order valence-electron chi connectivity index (χ3n) is 2.33. The normalized spacial score (nSPS) is 29.5. The molecule has 1 atom stereocenters. The summed E-state index contributed by atoms with van der Waals surface area (Å²) in [5, 5.41) is 6.31. The Hall–Kier alpha value is -1.49. The van der Waals surface area contributed by atoms with Crippen molar-refractivity contribution in [2.24, 2.45) is 15.0 Å². The molecule has 2 N–H and O–H groups in total. The Bertz CT molecular complexity index is 363. The molecule has 13 heavy (non-hydrogen) atoms. The Morgan fingerprint density at radius 2 is 2.38 bits per heavy atom. The van der Waals surface area contributed by atoms with Crippen molar-refractivity contribution in [2.45, 2.75) is 6.17 Å². The lowest BCUT2D eigenvalue weighted by Gasteiger charge is -2.21. The Morgan fingerprint density at radius 1 is 1.38 bits per heavy atom. The van der Waals surface area contributed by atoms with Crippen molar-refractivity contribution in [3.8, 4) is 0 Å². The maximum absolute atomic E-state index is 4.31. The molecule has 0 bridgehead atoms. The molecule has 5 nitrogen and oxygen atoms in total. The van der Waals surface area contributed by atoms with Crippen molar-refractivity contribution >= 4 is 18.3 Å². The highest BCUT2D eigenvalue weighted by Gasteiger charge is 2.26. The fourth-order valence-corrected chi connectivity index (χ4v) is 1.68. The first-order chi connectivity index (χ1) is 6.45. The van der Waals surface area contributed by atoms with Gasteiger partial charge in [0.05, 0.1) is 30.6 Å². The first-order valence-electron chi connectivity index (χ1n) is 4.25. The van der Waals surface area contributed by atoms with E-state index in [0.717, 1.165) is 18.0 Å². The second kappa shape index (κ2) is 2.50. The Kier molecular flexibility index (Phi) is 1.34. The van der Waals surface area contributed by atoms with E-state index in [4.69, 9.17) is 0 Å². The summed E-state index contributed by atoms with van der Waals surface area (Å²) in [5.74, 6) is 0. The summed E-state index contributed by atoms with van der Waals surface area (Å²) >= 11 is 0. The van der Waals surface area contributed by atoms with Gasteiger partial charge >= 0.3 is 0 Å². The van der Waals surface area contributed by atoms with Crippen molar-refractivity contribution in [1.82, 2.24) is 10.6 Å². The standard InChI is InChI=1S/C8H9N5/c1-5-6(11-3-9-1)2-10-8-7(5)12-4-13-8/h2,4,8-9H,1,3H2,(H,12,13). The fraction of sp³-hybridized carbons (Fsp3) is 0.375.